The molecule has 0 rings (SSSR count). The van der Waals surface area contributed by atoms with E-state index in [2.05, 4.69) is 0 Å². The average Bonchev–Trinajstić information content (AvgIpc) is 1.78. The SMILES string of the molecule is [2H]C([2H])(N)CCCCC(=O)O. The molecule has 0 aromatic rings. The summed E-state index contributed by atoms with van der Waals surface area (Å²) in [7, 11) is 0. The molecule has 0 aliphatic rings. The summed E-state index contributed by atoms with van der Waals surface area (Å²) in [4.78, 5) is 10.00. The summed E-state index contributed by atoms with van der Waals surface area (Å²) in [5, 5.41) is 8.22. The Bertz CT molecular complexity index is 133. The molecular weight excluding hydrogens is 118 g/mol. The van der Waals surface area contributed by atoms with Gasteiger partial charge in [0.05, 0.1) is 0 Å². The van der Waals surface area contributed by atoms with E-state index in [1.807, 2.05) is 0 Å². The molecule has 0 aromatic heterocycles. The van der Waals surface area contributed by atoms with Crippen LogP contribution in [0.3, 0.4) is 0 Å². The molecule has 0 bridgehead atoms. The van der Waals surface area contributed by atoms with Gasteiger partial charge in [-0.3, -0.25) is 4.79 Å². The summed E-state index contributed by atoms with van der Waals surface area (Å²) in [6.07, 6.45) is 1.33. The van der Waals surface area contributed by atoms with E-state index >= 15 is 0 Å². The molecule has 0 atom stereocenters. The van der Waals surface area contributed by atoms with Crippen molar-refractivity contribution in [3.63, 3.8) is 0 Å². The zero-order valence-electron chi connectivity index (χ0n) is 7.26. The van der Waals surface area contributed by atoms with Gasteiger partial charge in [-0.25, -0.2) is 0 Å². The van der Waals surface area contributed by atoms with E-state index < -0.39 is 12.5 Å². The van der Waals surface area contributed by atoms with Gasteiger partial charge in [0, 0.05) is 9.16 Å². The summed E-state index contributed by atoms with van der Waals surface area (Å²) in [6, 6.07) is 0. The van der Waals surface area contributed by atoms with Crippen LogP contribution in [0.1, 0.15) is 28.4 Å². The first-order valence-electron chi connectivity index (χ1n) is 3.92. The van der Waals surface area contributed by atoms with Gasteiger partial charge in [-0.05, 0) is 19.3 Å². The minimum absolute atomic E-state index is 0.0933. The molecule has 0 aliphatic carbocycles. The number of aliphatic carboxylic acids is 1. The molecule has 0 fully saturated rings. The van der Waals surface area contributed by atoms with E-state index in [0.29, 0.717) is 12.8 Å². The molecule has 0 spiro atoms. The van der Waals surface area contributed by atoms with Crippen molar-refractivity contribution in [3.8, 4) is 0 Å². The second-order valence-corrected chi connectivity index (χ2v) is 1.80. The van der Waals surface area contributed by atoms with E-state index in [0.717, 1.165) is 0 Å². The van der Waals surface area contributed by atoms with Crippen LogP contribution in [0, 0.1) is 0 Å². The number of carboxylic acids is 1. The molecule has 0 amide bonds. The Morgan fingerprint density at radius 3 is 2.67 bits per heavy atom. The normalized spacial score (nSPS) is 14.3. The smallest absolute Gasteiger partial charge is 0.303 e. The van der Waals surface area contributed by atoms with Crippen molar-refractivity contribution in [1.82, 2.24) is 0 Å². The van der Waals surface area contributed by atoms with Crippen molar-refractivity contribution in [1.29, 1.82) is 0 Å². The molecule has 9 heavy (non-hydrogen) atoms. The lowest BCUT2D eigenvalue weighted by atomic mass is 10.2. The highest BCUT2D eigenvalue weighted by molar-refractivity contribution is 5.66. The number of unbranched alkanes of at least 4 members (excludes halogenated alkanes) is 1. The number of hydrogen-bond donors (Lipinski definition) is 2. The fraction of sp³-hybridized carbons (Fsp3) is 0.833. The largest absolute Gasteiger partial charge is 0.481 e. The first-order valence-corrected chi connectivity index (χ1v) is 2.92. The molecular formula is C6H13NO2. The Kier molecular flexibility index (Phi) is 3.24. The van der Waals surface area contributed by atoms with Crippen LogP contribution < -0.4 is 5.73 Å². The summed E-state index contributed by atoms with van der Waals surface area (Å²) in [5.41, 5.74) is 5.04. The van der Waals surface area contributed by atoms with Crippen LogP contribution in [0.4, 0.5) is 0 Å². The van der Waals surface area contributed by atoms with Crippen molar-refractivity contribution in [2.24, 2.45) is 5.73 Å². The van der Waals surface area contributed by atoms with Crippen LogP contribution in [0.5, 0.6) is 0 Å². The van der Waals surface area contributed by atoms with Gasteiger partial charge in [0.2, 0.25) is 0 Å². The van der Waals surface area contributed by atoms with Crippen LogP contribution in [-0.2, 0) is 4.79 Å². The maximum atomic E-state index is 10.00. The van der Waals surface area contributed by atoms with Gasteiger partial charge in [-0.1, -0.05) is 6.42 Å². The molecule has 0 saturated carbocycles. The maximum absolute atomic E-state index is 10.00. The predicted molar refractivity (Wildman–Crippen MR) is 35.2 cm³/mol. The number of nitrogens with two attached hydrogens (primary N) is 1. The minimum atomic E-state index is -1.65. The summed E-state index contributed by atoms with van der Waals surface area (Å²) < 4.78 is 13.8. The van der Waals surface area contributed by atoms with E-state index in [9.17, 15) is 4.79 Å². The van der Waals surface area contributed by atoms with Crippen LogP contribution >= 0.6 is 0 Å². The predicted octanol–water partition coefficient (Wildman–Crippen LogP) is 0.590. The van der Waals surface area contributed by atoms with E-state index in [-0.39, 0.29) is 12.8 Å². The number of hydrogen-bond acceptors (Lipinski definition) is 2. The van der Waals surface area contributed by atoms with Crippen molar-refractivity contribution >= 4 is 5.97 Å². The molecule has 0 unspecified atom stereocenters. The van der Waals surface area contributed by atoms with Crippen molar-refractivity contribution in [2.45, 2.75) is 25.7 Å². The lowest BCUT2D eigenvalue weighted by Crippen LogP contribution is -1.99. The van der Waals surface area contributed by atoms with Crippen LogP contribution in [-0.4, -0.2) is 17.6 Å². The van der Waals surface area contributed by atoms with E-state index in [4.69, 9.17) is 13.6 Å². The lowest BCUT2D eigenvalue weighted by molar-refractivity contribution is -0.137. The van der Waals surface area contributed by atoms with Gasteiger partial charge in [0.1, 0.15) is 0 Å². The molecule has 3 heteroatoms. The van der Waals surface area contributed by atoms with Gasteiger partial charge in [-0.15, -0.1) is 0 Å². The first-order chi connectivity index (χ1) is 4.92. The molecule has 0 aromatic carbocycles. The Morgan fingerprint density at radius 2 is 2.22 bits per heavy atom. The second-order valence-electron chi connectivity index (χ2n) is 1.80. The maximum Gasteiger partial charge on any atom is 0.303 e. The van der Waals surface area contributed by atoms with Gasteiger partial charge in [-0.2, -0.15) is 0 Å². The number of carboxylic acid groups (broad SMARTS) is 1. The zero-order chi connectivity index (χ0) is 8.91. The van der Waals surface area contributed by atoms with Crippen LogP contribution in [0.2, 0.25) is 0 Å². The third kappa shape index (κ3) is 7.43. The molecule has 54 valence electrons. The Balaban J connectivity index is 3.22. The Hall–Kier alpha value is -0.570. The highest BCUT2D eigenvalue weighted by Crippen LogP contribution is 1.97. The van der Waals surface area contributed by atoms with Crippen molar-refractivity contribution < 1.29 is 12.6 Å². The van der Waals surface area contributed by atoms with Crippen molar-refractivity contribution in [2.75, 3.05) is 6.50 Å². The van der Waals surface area contributed by atoms with Gasteiger partial charge in [0.15, 0.2) is 0 Å². The van der Waals surface area contributed by atoms with Crippen molar-refractivity contribution in [3.05, 3.63) is 0 Å². The topological polar surface area (TPSA) is 63.3 Å². The molecule has 3 nitrogen and oxygen atoms in total. The molecule has 0 heterocycles. The second kappa shape index (κ2) is 5.56. The van der Waals surface area contributed by atoms with Gasteiger partial charge >= 0.3 is 5.97 Å². The quantitative estimate of drug-likeness (QED) is 0.539. The molecule has 0 radical (unpaired) electrons. The molecule has 0 aliphatic heterocycles. The van der Waals surface area contributed by atoms with Crippen LogP contribution in [0.15, 0.2) is 0 Å². The first kappa shape index (κ1) is 5.23. The number of carbonyl (C=O) groups is 1. The van der Waals surface area contributed by atoms with Gasteiger partial charge in [0.25, 0.3) is 0 Å². The Labute approximate surface area is 57.7 Å². The third-order valence-corrected chi connectivity index (χ3v) is 0.962. The summed E-state index contributed by atoms with van der Waals surface area (Å²) in [5.74, 6) is -0.845. The summed E-state index contributed by atoms with van der Waals surface area (Å²) in [6.45, 7) is -1.65. The molecule has 0 saturated heterocycles. The monoisotopic (exact) mass is 133 g/mol. The average molecular weight is 133 g/mol. The fourth-order valence-electron chi connectivity index (χ4n) is 0.503. The Morgan fingerprint density at radius 1 is 1.56 bits per heavy atom. The summed E-state index contributed by atoms with van der Waals surface area (Å²) >= 11 is 0. The van der Waals surface area contributed by atoms with Gasteiger partial charge < -0.3 is 10.8 Å². The fourth-order valence-corrected chi connectivity index (χ4v) is 0.503. The van der Waals surface area contributed by atoms with E-state index in [1.54, 1.807) is 0 Å². The standard InChI is InChI=1S/C6H13NO2/c7-5-3-1-2-4-6(8)9/h1-5,7H2,(H,8,9)/i5D2. The zero-order valence-corrected chi connectivity index (χ0v) is 5.26. The molecule has 3 N–H and O–H groups in total. The van der Waals surface area contributed by atoms with E-state index in [1.165, 1.54) is 0 Å². The minimum Gasteiger partial charge on any atom is -0.481 e. The third-order valence-electron chi connectivity index (χ3n) is 0.962. The lowest BCUT2D eigenvalue weighted by Gasteiger charge is -1.93. The van der Waals surface area contributed by atoms with Crippen LogP contribution in [0.25, 0.3) is 0 Å². The number of rotatable bonds is 5. The highest BCUT2D eigenvalue weighted by Gasteiger charge is 1.94. The highest BCUT2D eigenvalue weighted by atomic mass is 16.4.